The molecule has 19 heavy (non-hydrogen) atoms. The molecule has 1 heterocycles. The van der Waals surface area contributed by atoms with Crippen LogP contribution in [0.25, 0.3) is 11.8 Å². The zero-order chi connectivity index (χ0) is 13.8. The summed E-state index contributed by atoms with van der Waals surface area (Å²) in [4.78, 5) is 10.6. The molecule has 0 atom stereocenters. The Morgan fingerprint density at radius 3 is 2.68 bits per heavy atom. The van der Waals surface area contributed by atoms with Crippen molar-refractivity contribution >= 4 is 12.0 Å². The van der Waals surface area contributed by atoms with E-state index >= 15 is 0 Å². The van der Waals surface area contributed by atoms with E-state index in [0.717, 1.165) is 23.0 Å². The summed E-state index contributed by atoms with van der Waals surface area (Å²) in [6.07, 6.45) is 4.60. The van der Waals surface area contributed by atoms with Gasteiger partial charge in [-0.1, -0.05) is 32.0 Å². The maximum Gasteiger partial charge on any atom is 0.328 e. The molecule has 1 N–H and O–H groups in total. The predicted octanol–water partition coefficient (Wildman–Crippen LogP) is 3.09. The Morgan fingerprint density at radius 2 is 2.05 bits per heavy atom. The number of carboxylic acids is 1. The molecule has 4 nitrogen and oxygen atoms in total. The largest absolute Gasteiger partial charge is 0.478 e. The minimum Gasteiger partial charge on any atom is -0.478 e. The van der Waals surface area contributed by atoms with Gasteiger partial charge >= 0.3 is 5.97 Å². The van der Waals surface area contributed by atoms with Gasteiger partial charge in [0.15, 0.2) is 0 Å². The number of aromatic nitrogens is 2. The second kappa shape index (κ2) is 5.52. The van der Waals surface area contributed by atoms with Crippen molar-refractivity contribution in [2.24, 2.45) is 0 Å². The number of aliphatic carboxylic acids is 1. The van der Waals surface area contributed by atoms with E-state index in [9.17, 15) is 4.79 Å². The van der Waals surface area contributed by atoms with E-state index < -0.39 is 5.97 Å². The molecule has 0 aliphatic rings. The minimum atomic E-state index is -0.960. The summed E-state index contributed by atoms with van der Waals surface area (Å²) in [5.74, 6) is -0.596. The fourth-order valence-corrected chi connectivity index (χ4v) is 1.78. The third kappa shape index (κ3) is 3.10. The molecule has 0 fully saturated rings. The van der Waals surface area contributed by atoms with Crippen molar-refractivity contribution in [3.05, 3.63) is 53.9 Å². The number of carbonyl (C=O) groups is 1. The summed E-state index contributed by atoms with van der Waals surface area (Å²) in [5.41, 5.74) is 2.70. The minimum absolute atomic E-state index is 0.364. The number of nitrogens with zero attached hydrogens (tertiary/aromatic N) is 2. The van der Waals surface area contributed by atoms with Crippen LogP contribution in [0.15, 0.2) is 42.6 Å². The highest BCUT2D eigenvalue weighted by Gasteiger charge is 2.07. The van der Waals surface area contributed by atoms with E-state index in [1.165, 1.54) is 0 Å². The topological polar surface area (TPSA) is 55.1 Å². The van der Waals surface area contributed by atoms with Crippen LogP contribution in [-0.2, 0) is 4.79 Å². The molecule has 0 saturated carbocycles. The van der Waals surface area contributed by atoms with Crippen molar-refractivity contribution in [3.63, 3.8) is 0 Å². The zero-order valence-corrected chi connectivity index (χ0v) is 10.9. The van der Waals surface area contributed by atoms with Crippen LogP contribution in [-0.4, -0.2) is 20.9 Å². The first-order valence-electron chi connectivity index (χ1n) is 6.14. The molecule has 1 aromatic carbocycles. The van der Waals surface area contributed by atoms with Crippen LogP contribution in [0, 0.1) is 0 Å². The van der Waals surface area contributed by atoms with Gasteiger partial charge in [-0.15, -0.1) is 0 Å². The van der Waals surface area contributed by atoms with Gasteiger partial charge in [0.25, 0.3) is 0 Å². The lowest BCUT2D eigenvalue weighted by Gasteiger charge is -2.06. The maximum atomic E-state index is 10.6. The first kappa shape index (κ1) is 13.1. The lowest BCUT2D eigenvalue weighted by Crippen LogP contribution is -1.99. The summed E-state index contributed by atoms with van der Waals surface area (Å²) < 4.78 is 1.77. The number of para-hydroxylation sites is 1. The Kier molecular flexibility index (Phi) is 3.80. The van der Waals surface area contributed by atoms with Gasteiger partial charge in [0, 0.05) is 17.8 Å². The van der Waals surface area contributed by atoms with E-state index in [-0.39, 0.29) is 0 Å². The first-order chi connectivity index (χ1) is 9.08. The third-order valence-corrected chi connectivity index (χ3v) is 2.79. The average molecular weight is 256 g/mol. The van der Waals surface area contributed by atoms with Crippen LogP contribution >= 0.6 is 0 Å². The maximum absolute atomic E-state index is 10.6. The molecule has 1 aromatic heterocycles. The normalized spacial score (nSPS) is 11.3. The molecule has 0 unspecified atom stereocenters. The van der Waals surface area contributed by atoms with E-state index in [1.54, 1.807) is 10.8 Å². The van der Waals surface area contributed by atoms with Gasteiger partial charge in [-0.3, -0.25) is 0 Å². The second-order valence-corrected chi connectivity index (χ2v) is 4.57. The summed E-state index contributed by atoms with van der Waals surface area (Å²) in [5, 5.41) is 13.2. The van der Waals surface area contributed by atoms with Crippen molar-refractivity contribution < 1.29 is 9.90 Å². The van der Waals surface area contributed by atoms with E-state index in [2.05, 4.69) is 18.9 Å². The molecule has 98 valence electrons. The molecule has 2 rings (SSSR count). The van der Waals surface area contributed by atoms with Gasteiger partial charge in [-0.2, -0.15) is 5.10 Å². The van der Waals surface area contributed by atoms with Crippen molar-refractivity contribution in [1.29, 1.82) is 0 Å². The van der Waals surface area contributed by atoms with E-state index in [4.69, 9.17) is 5.11 Å². The van der Waals surface area contributed by atoms with Gasteiger partial charge < -0.3 is 5.11 Å². The Morgan fingerprint density at radius 1 is 1.32 bits per heavy atom. The van der Waals surface area contributed by atoms with Crippen LogP contribution in [0.1, 0.15) is 31.0 Å². The molecule has 0 aliphatic heterocycles. The van der Waals surface area contributed by atoms with Gasteiger partial charge in [0.1, 0.15) is 0 Å². The second-order valence-electron chi connectivity index (χ2n) is 4.57. The first-order valence-corrected chi connectivity index (χ1v) is 6.14. The monoisotopic (exact) mass is 256 g/mol. The van der Waals surface area contributed by atoms with Crippen molar-refractivity contribution in [2.45, 2.75) is 19.8 Å². The highest BCUT2D eigenvalue weighted by molar-refractivity contribution is 5.86. The van der Waals surface area contributed by atoms with Gasteiger partial charge in [0.2, 0.25) is 0 Å². The van der Waals surface area contributed by atoms with Crippen molar-refractivity contribution in [2.75, 3.05) is 0 Å². The van der Waals surface area contributed by atoms with Crippen LogP contribution in [0.3, 0.4) is 0 Å². The van der Waals surface area contributed by atoms with Crippen LogP contribution in [0.4, 0.5) is 0 Å². The molecule has 0 amide bonds. The summed E-state index contributed by atoms with van der Waals surface area (Å²) >= 11 is 0. The Bertz CT molecular complexity index is 612. The number of carboxylic acid groups (broad SMARTS) is 1. The Balaban J connectivity index is 2.41. The summed E-state index contributed by atoms with van der Waals surface area (Å²) in [6, 6.07) is 9.54. The molecule has 0 saturated heterocycles. The quantitative estimate of drug-likeness (QED) is 0.855. The van der Waals surface area contributed by atoms with E-state index in [1.807, 2.05) is 36.5 Å². The van der Waals surface area contributed by atoms with Crippen molar-refractivity contribution in [3.8, 4) is 5.69 Å². The van der Waals surface area contributed by atoms with Gasteiger partial charge in [-0.05, 0) is 24.1 Å². The molecular weight excluding hydrogens is 240 g/mol. The zero-order valence-electron chi connectivity index (χ0n) is 10.9. The highest BCUT2D eigenvalue weighted by atomic mass is 16.4. The smallest absolute Gasteiger partial charge is 0.328 e. The van der Waals surface area contributed by atoms with Crippen LogP contribution in [0.2, 0.25) is 0 Å². The average Bonchev–Trinajstić information content (AvgIpc) is 2.86. The van der Waals surface area contributed by atoms with Crippen LogP contribution in [0.5, 0.6) is 0 Å². The number of hydrogen-bond acceptors (Lipinski definition) is 2. The molecule has 0 spiro atoms. The predicted molar refractivity (Wildman–Crippen MR) is 74.3 cm³/mol. The summed E-state index contributed by atoms with van der Waals surface area (Å²) in [7, 11) is 0. The fraction of sp³-hybridized carbons (Fsp3) is 0.200. The number of rotatable bonds is 4. The fourth-order valence-electron chi connectivity index (χ4n) is 1.78. The van der Waals surface area contributed by atoms with Crippen LogP contribution < -0.4 is 0 Å². The molecular formula is C15H16N2O2. The number of hydrogen-bond donors (Lipinski definition) is 1. The molecule has 2 aromatic rings. The molecule has 0 aliphatic carbocycles. The van der Waals surface area contributed by atoms with Crippen molar-refractivity contribution in [1.82, 2.24) is 9.78 Å². The van der Waals surface area contributed by atoms with Gasteiger partial charge in [-0.25, -0.2) is 9.48 Å². The molecule has 4 heteroatoms. The highest BCUT2D eigenvalue weighted by Crippen LogP contribution is 2.18. The summed E-state index contributed by atoms with van der Waals surface area (Å²) in [6.45, 7) is 4.17. The lowest BCUT2D eigenvalue weighted by atomic mass is 10.1. The molecule has 0 radical (unpaired) electrons. The van der Waals surface area contributed by atoms with E-state index in [0.29, 0.717) is 5.92 Å². The molecule has 0 bridgehead atoms. The Hall–Kier alpha value is -2.36. The Labute approximate surface area is 112 Å². The SMILES string of the molecule is CC(C)c1ccn(-c2ccccc2/C=C/C(=O)O)n1. The standard InChI is InChI=1S/C15H16N2O2/c1-11(2)13-9-10-17(16-13)14-6-4-3-5-12(14)7-8-15(18)19/h3-11H,1-2H3,(H,18,19)/b8-7+. The third-order valence-electron chi connectivity index (χ3n) is 2.79. The van der Waals surface area contributed by atoms with Gasteiger partial charge in [0.05, 0.1) is 11.4 Å². The lowest BCUT2D eigenvalue weighted by molar-refractivity contribution is -0.131. The number of benzene rings is 1.